The van der Waals surface area contributed by atoms with E-state index in [1.165, 1.54) is 18.2 Å². The average Bonchev–Trinajstić information content (AvgIpc) is 2.80. The molecule has 0 radical (unpaired) electrons. The Labute approximate surface area is 113 Å². The number of hydrogen-bond donors (Lipinski definition) is 2. The Morgan fingerprint density at radius 3 is 2.47 bits per heavy atom. The van der Waals surface area contributed by atoms with Crippen molar-refractivity contribution in [2.24, 2.45) is 5.14 Å². The van der Waals surface area contributed by atoms with E-state index in [0.717, 1.165) is 25.7 Å². The molecular formula is C13H18N2O3S. The number of nitrogens with one attached hydrogen (secondary N) is 1. The quantitative estimate of drug-likeness (QED) is 0.876. The molecule has 0 bridgehead atoms. The van der Waals surface area contributed by atoms with E-state index in [1.54, 1.807) is 6.92 Å². The minimum absolute atomic E-state index is 0.0300. The van der Waals surface area contributed by atoms with Crippen molar-refractivity contribution in [3.05, 3.63) is 29.3 Å². The molecule has 1 fully saturated rings. The number of carbonyl (C=O) groups excluding carboxylic acids is 1. The van der Waals surface area contributed by atoms with Crippen LogP contribution in [0.4, 0.5) is 0 Å². The molecule has 19 heavy (non-hydrogen) atoms. The maximum absolute atomic E-state index is 12.1. The van der Waals surface area contributed by atoms with Gasteiger partial charge in [0.15, 0.2) is 0 Å². The third-order valence-electron chi connectivity index (χ3n) is 3.46. The third-order valence-corrected chi connectivity index (χ3v) is 4.37. The lowest BCUT2D eigenvalue weighted by atomic mass is 10.1. The summed E-state index contributed by atoms with van der Waals surface area (Å²) in [5.74, 6) is -0.148. The van der Waals surface area contributed by atoms with E-state index in [4.69, 9.17) is 5.14 Å². The van der Waals surface area contributed by atoms with Gasteiger partial charge in [-0.2, -0.15) is 0 Å². The zero-order valence-corrected chi connectivity index (χ0v) is 11.7. The van der Waals surface area contributed by atoms with Crippen molar-refractivity contribution in [3.63, 3.8) is 0 Å². The lowest BCUT2D eigenvalue weighted by Crippen LogP contribution is -2.33. The molecule has 3 N–H and O–H groups in total. The summed E-state index contributed by atoms with van der Waals surface area (Å²) in [6.45, 7) is 1.71. The zero-order valence-electron chi connectivity index (χ0n) is 10.8. The SMILES string of the molecule is Cc1cc(S(N)(=O)=O)ccc1C(=O)NC1CCCC1. The number of primary sulfonamides is 1. The van der Waals surface area contributed by atoms with Crippen LogP contribution in [-0.2, 0) is 10.0 Å². The summed E-state index contributed by atoms with van der Waals surface area (Å²) in [6, 6.07) is 4.55. The first-order valence-electron chi connectivity index (χ1n) is 6.32. The normalized spacial score (nSPS) is 16.5. The monoisotopic (exact) mass is 282 g/mol. The van der Waals surface area contributed by atoms with Crippen LogP contribution in [0.2, 0.25) is 0 Å². The first-order valence-corrected chi connectivity index (χ1v) is 7.87. The lowest BCUT2D eigenvalue weighted by Gasteiger charge is -2.13. The van der Waals surface area contributed by atoms with Gasteiger partial charge in [0.05, 0.1) is 4.90 Å². The molecule has 0 aliphatic heterocycles. The number of sulfonamides is 1. The molecule has 2 rings (SSSR count). The number of amides is 1. The fraction of sp³-hybridized carbons (Fsp3) is 0.462. The van der Waals surface area contributed by atoms with E-state index in [-0.39, 0.29) is 16.8 Å². The van der Waals surface area contributed by atoms with Gasteiger partial charge in [-0.05, 0) is 43.5 Å². The molecular weight excluding hydrogens is 264 g/mol. The van der Waals surface area contributed by atoms with E-state index >= 15 is 0 Å². The van der Waals surface area contributed by atoms with Crippen LogP contribution in [0, 0.1) is 6.92 Å². The number of carbonyl (C=O) groups is 1. The van der Waals surface area contributed by atoms with Crippen LogP contribution < -0.4 is 10.5 Å². The average molecular weight is 282 g/mol. The predicted molar refractivity (Wildman–Crippen MR) is 72.3 cm³/mol. The molecule has 1 saturated carbocycles. The van der Waals surface area contributed by atoms with E-state index < -0.39 is 10.0 Å². The highest BCUT2D eigenvalue weighted by Gasteiger charge is 2.19. The van der Waals surface area contributed by atoms with Crippen molar-refractivity contribution in [2.75, 3.05) is 0 Å². The number of benzene rings is 1. The zero-order chi connectivity index (χ0) is 14.0. The Bertz CT molecular complexity index is 590. The van der Waals surface area contributed by atoms with Gasteiger partial charge in [0.1, 0.15) is 0 Å². The molecule has 1 amide bonds. The van der Waals surface area contributed by atoms with Gasteiger partial charge in [-0.15, -0.1) is 0 Å². The highest BCUT2D eigenvalue weighted by atomic mass is 32.2. The molecule has 5 nitrogen and oxygen atoms in total. The van der Waals surface area contributed by atoms with Crippen LogP contribution >= 0.6 is 0 Å². The molecule has 1 aromatic carbocycles. The molecule has 104 valence electrons. The summed E-state index contributed by atoms with van der Waals surface area (Å²) in [5, 5.41) is 8.03. The standard InChI is InChI=1S/C13H18N2O3S/c1-9-8-11(19(14,17)18)6-7-12(9)13(16)15-10-4-2-3-5-10/h6-8,10H,2-5H2,1H3,(H,15,16)(H2,14,17,18). The summed E-state index contributed by atoms with van der Waals surface area (Å²) < 4.78 is 22.4. The van der Waals surface area contributed by atoms with Gasteiger partial charge in [-0.3, -0.25) is 4.79 Å². The summed E-state index contributed by atoms with van der Waals surface area (Å²) in [7, 11) is -3.72. The molecule has 1 aliphatic carbocycles. The molecule has 1 aliphatic rings. The second kappa shape index (κ2) is 5.30. The summed E-state index contributed by atoms with van der Waals surface area (Å²) >= 11 is 0. The number of rotatable bonds is 3. The van der Waals surface area contributed by atoms with Gasteiger partial charge < -0.3 is 5.32 Å². The van der Waals surface area contributed by atoms with Crippen molar-refractivity contribution >= 4 is 15.9 Å². The van der Waals surface area contributed by atoms with Crippen LogP contribution in [0.15, 0.2) is 23.1 Å². The molecule has 0 unspecified atom stereocenters. The van der Waals surface area contributed by atoms with Gasteiger partial charge in [-0.1, -0.05) is 12.8 Å². The van der Waals surface area contributed by atoms with Gasteiger partial charge in [0.25, 0.3) is 5.91 Å². The van der Waals surface area contributed by atoms with Crippen molar-refractivity contribution in [1.82, 2.24) is 5.32 Å². The molecule has 6 heteroatoms. The number of hydrogen-bond acceptors (Lipinski definition) is 3. The van der Waals surface area contributed by atoms with E-state index in [0.29, 0.717) is 11.1 Å². The first-order chi connectivity index (χ1) is 8.88. The van der Waals surface area contributed by atoms with Gasteiger partial charge in [0.2, 0.25) is 10.0 Å². The largest absolute Gasteiger partial charge is 0.349 e. The van der Waals surface area contributed by atoms with Crippen LogP contribution in [0.25, 0.3) is 0 Å². The number of nitrogens with two attached hydrogens (primary N) is 1. The molecule has 0 heterocycles. The van der Waals surface area contributed by atoms with Crippen molar-refractivity contribution in [2.45, 2.75) is 43.5 Å². The first kappa shape index (κ1) is 14.0. The second-order valence-electron chi connectivity index (χ2n) is 4.98. The Balaban J connectivity index is 2.18. The Morgan fingerprint density at radius 2 is 1.95 bits per heavy atom. The van der Waals surface area contributed by atoms with Crippen LogP contribution in [0.5, 0.6) is 0 Å². The predicted octanol–water partition coefficient (Wildman–Crippen LogP) is 1.31. The Kier molecular flexibility index (Phi) is 3.91. The maximum atomic E-state index is 12.1. The van der Waals surface area contributed by atoms with Crippen LogP contribution in [0.3, 0.4) is 0 Å². The minimum atomic E-state index is -3.72. The highest BCUT2D eigenvalue weighted by Crippen LogP contribution is 2.19. The summed E-state index contributed by atoms with van der Waals surface area (Å²) in [6.07, 6.45) is 4.32. The topological polar surface area (TPSA) is 89.3 Å². The molecule has 0 saturated heterocycles. The smallest absolute Gasteiger partial charge is 0.251 e. The van der Waals surface area contributed by atoms with E-state index in [1.807, 2.05) is 0 Å². The Morgan fingerprint density at radius 1 is 1.32 bits per heavy atom. The van der Waals surface area contributed by atoms with Gasteiger partial charge in [-0.25, -0.2) is 13.6 Å². The van der Waals surface area contributed by atoms with E-state index in [9.17, 15) is 13.2 Å². The Hall–Kier alpha value is -1.40. The van der Waals surface area contributed by atoms with Gasteiger partial charge >= 0.3 is 0 Å². The highest BCUT2D eigenvalue weighted by molar-refractivity contribution is 7.89. The van der Waals surface area contributed by atoms with Gasteiger partial charge in [0, 0.05) is 11.6 Å². The number of aryl methyl sites for hydroxylation is 1. The van der Waals surface area contributed by atoms with Crippen molar-refractivity contribution < 1.29 is 13.2 Å². The van der Waals surface area contributed by atoms with Crippen LogP contribution in [0.1, 0.15) is 41.6 Å². The van der Waals surface area contributed by atoms with E-state index in [2.05, 4.69) is 5.32 Å². The minimum Gasteiger partial charge on any atom is -0.349 e. The fourth-order valence-corrected chi connectivity index (χ4v) is 3.00. The van der Waals surface area contributed by atoms with Crippen LogP contribution in [-0.4, -0.2) is 20.4 Å². The third kappa shape index (κ3) is 3.33. The fourth-order valence-electron chi connectivity index (χ4n) is 2.40. The molecule has 0 atom stereocenters. The maximum Gasteiger partial charge on any atom is 0.251 e. The van der Waals surface area contributed by atoms with Crippen molar-refractivity contribution in [3.8, 4) is 0 Å². The summed E-state index contributed by atoms with van der Waals surface area (Å²) in [4.78, 5) is 12.1. The summed E-state index contributed by atoms with van der Waals surface area (Å²) in [5.41, 5.74) is 1.11. The molecule has 1 aromatic rings. The molecule has 0 aromatic heterocycles. The molecule has 0 spiro atoms. The van der Waals surface area contributed by atoms with Crippen molar-refractivity contribution in [1.29, 1.82) is 0 Å². The second-order valence-corrected chi connectivity index (χ2v) is 6.54. The lowest BCUT2D eigenvalue weighted by molar-refractivity contribution is 0.0937.